The monoisotopic (exact) mass is 629 g/mol. The lowest BCUT2D eigenvalue weighted by Gasteiger charge is -2.44. The van der Waals surface area contributed by atoms with Crippen LogP contribution in [-0.4, -0.2) is 18.4 Å². The average Bonchev–Trinajstić information content (AvgIpc) is 3.14. The topological polar surface area (TPSA) is 28.6 Å². The van der Waals surface area contributed by atoms with Crippen molar-refractivity contribution in [3.05, 3.63) is 152 Å². The summed E-state index contributed by atoms with van der Waals surface area (Å²) in [6.45, 7) is 0.00991. The van der Waals surface area contributed by atoms with Crippen molar-refractivity contribution in [3.8, 4) is 11.5 Å². The first-order chi connectivity index (χ1) is 23.8. The molecule has 222 valence electrons. The summed E-state index contributed by atoms with van der Waals surface area (Å²) in [6.07, 6.45) is 0. The first-order valence-corrected chi connectivity index (χ1v) is 17.2. The van der Waals surface area contributed by atoms with E-state index in [4.69, 9.17) is 9.72 Å². The van der Waals surface area contributed by atoms with Crippen molar-refractivity contribution in [2.45, 2.75) is 9.92 Å². The Balaban J connectivity index is 1.22. The lowest BCUT2D eigenvalue weighted by atomic mass is 9.33. The van der Waals surface area contributed by atoms with Crippen LogP contribution in [-0.2, 0) is 0 Å². The van der Waals surface area contributed by atoms with Gasteiger partial charge in [-0.3, -0.25) is 4.98 Å². The van der Waals surface area contributed by atoms with Crippen molar-refractivity contribution >= 4 is 92.2 Å². The molecule has 4 aliphatic rings. The Morgan fingerprint density at radius 2 is 1.08 bits per heavy atom. The number of benzene rings is 6. The van der Waals surface area contributed by atoms with Gasteiger partial charge >= 0.3 is 0 Å². The predicted octanol–water partition coefficient (Wildman–Crippen LogP) is 6.25. The first kappa shape index (κ1) is 26.4. The van der Waals surface area contributed by atoms with Gasteiger partial charge in [-0.15, -0.1) is 0 Å². The number of hydrogen-bond acceptors (Lipinski definition) is 5. The quantitative estimate of drug-likeness (QED) is 0.211. The van der Waals surface area contributed by atoms with Gasteiger partial charge in [-0.2, -0.15) is 0 Å². The molecule has 7 aromatic rings. The number of ether oxygens (including phenoxy) is 1. The van der Waals surface area contributed by atoms with Gasteiger partial charge in [0, 0.05) is 38.9 Å². The molecule has 6 aromatic carbocycles. The van der Waals surface area contributed by atoms with Crippen molar-refractivity contribution in [1.29, 1.82) is 0 Å². The van der Waals surface area contributed by atoms with Crippen LogP contribution in [0.5, 0.6) is 11.5 Å². The summed E-state index contributed by atoms with van der Waals surface area (Å²) in [6, 6.07) is 54.4. The number of hydrogen-bond donors (Lipinski definition) is 0. The van der Waals surface area contributed by atoms with Crippen LogP contribution in [0.2, 0.25) is 0 Å². The zero-order valence-corrected chi connectivity index (χ0v) is 26.6. The van der Waals surface area contributed by atoms with E-state index in [9.17, 15) is 0 Å². The van der Waals surface area contributed by atoms with Crippen molar-refractivity contribution in [1.82, 2.24) is 4.98 Å². The van der Waals surface area contributed by atoms with Gasteiger partial charge in [-0.05, 0) is 94.0 Å². The molecule has 0 amide bonds. The average molecular weight is 629 g/mol. The van der Waals surface area contributed by atoms with Crippen LogP contribution in [0.15, 0.2) is 162 Å². The molecule has 0 spiro atoms. The Hall–Kier alpha value is -5.65. The highest BCUT2D eigenvalue weighted by Gasteiger charge is 2.46. The van der Waals surface area contributed by atoms with Gasteiger partial charge in [0.2, 0.25) is 0 Å². The largest absolute Gasteiger partial charge is 0.458 e. The zero-order valence-electron chi connectivity index (χ0n) is 25.7. The van der Waals surface area contributed by atoms with E-state index in [0.717, 1.165) is 39.2 Å². The SMILES string of the molecule is c1ccc(N2c3ccccc3B3c4nc5c(cc4N(c4ccccc4)c4cccc2c43)B2c3ccccc3Oc3cccc(c32)S5)cc1. The highest BCUT2D eigenvalue weighted by Crippen LogP contribution is 2.44. The van der Waals surface area contributed by atoms with E-state index in [1.165, 1.54) is 49.3 Å². The van der Waals surface area contributed by atoms with Crippen LogP contribution in [0, 0.1) is 0 Å². The van der Waals surface area contributed by atoms with E-state index in [0.29, 0.717) is 0 Å². The minimum Gasteiger partial charge on any atom is -0.458 e. The number of anilines is 6. The standard InChI is InChI=1S/C41H25B2N3OS/c1-3-13-26(14-4-1)45-31-19-9-7-17-28(31)43-38-32(45)20-11-21-33(38)46(27-15-5-2-6-16-27)34-25-30-41(44-40(34)43)48-37-24-12-23-36-39(37)42(30)29-18-8-10-22-35(29)47-36/h1-25H. The fraction of sp³-hybridized carbons (Fsp3) is 0. The summed E-state index contributed by atoms with van der Waals surface area (Å²) in [7, 11) is 0. The molecule has 0 atom stereocenters. The molecule has 4 nitrogen and oxygen atoms in total. The maximum absolute atomic E-state index is 6.48. The summed E-state index contributed by atoms with van der Waals surface area (Å²) in [5.41, 5.74) is 14.2. The van der Waals surface area contributed by atoms with E-state index in [1.54, 1.807) is 11.8 Å². The highest BCUT2D eigenvalue weighted by atomic mass is 32.2. The minimum atomic E-state index is -0.0251. The van der Waals surface area contributed by atoms with Crippen LogP contribution in [0.1, 0.15) is 0 Å². The second kappa shape index (κ2) is 9.93. The molecule has 0 aliphatic carbocycles. The fourth-order valence-electron chi connectivity index (χ4n) is 8.27. The van der Waals surface area contributed by atoms with E-state index in [2.05, 4.69) is 161 Å². The molecule has 4 aliphatic heterocycles. The zero-order chi connectivity index (χ0) is 31.3. The smallest absolute Gasteiger partial charge is 0.275 e. The number of rotatable bonds is 2. The van der Waals surface area contributed by atoms with Crippen molar-refractivity contribution < 1.29 is 4.74 Å². The molecule has 48 heavy (non-hydrogen) atoms. The molecule has 0 saturated heterocycles. The Kier molecular flexibility index (Phi) is 5.46. The molecule has 0 bridgehead atoms. The molecule has 7 heteroatoms. The van der Waals surface area contributed by atoms with Crippen LogP contribution in [0.4, 0.5) is 34.1 Å². The lowest BCUT2D eigenvalue weighted by molar-refractivity contribution is 0.486. The van der Waals surface area contributed by atoms with Gasteiger partial charge in [-0.25, -0.2) is 0 Å². The third-order valence-corrected chi connectivity index (χ3v) is 11.3. The molecular weight excluding hydrogens is 604 g/mol. The summed E-state index contributed by atoms with van der Waals surface area (Å²) >= 11 is 1.77. The van der Waals surface area contributed by atoms with Gasteiger partial charge in [0.25, 0.3) is 13.4 Å². The van der Waals surface area contributed by atoms with E-state index in [1.807, 2.05) is 0 Å². The summed E-state index contributed by atoms with van der Waals surface area (Å²) < 4.78 is 6.48. The molecule has 0 saturated carbocycles. The number of fused-ring (bicyclic) bond motifs is 8. The molecule has 0 unspecified atom stereocenters. The predicted molar refractivity (Wildman–Crippen MR) is 200 cm³/mol. The van der Waals surface area contributed by atoms with Gasteiger partial charge < -0.3 is 14.5 Å². The maximum Gasteiger partial charge on any atom is 0.275 e. The number of pyridine rings is 1. The van der Waals surface area contributed by atoms with Gasteiger partial charge in [-0.1, -0.05) is 96.7 Å². The first-order valence-electron chi connectivity index (χ1n) is 16.4. The minimum absolute atomic E-state index is 0.0251. The number of aromatic nitrogens is 1. The van der Waals surface area contributed by atoms with Gasteiger partial charge in [0.1, 0.15) is 11.5 Å². The third kappa shape index (κ3) is 3.57. The number of nitrogens with zero attached hydrogens (tertiary/aromatic N) is 3. The molecule has 1 aromatic heterocycles. The normalized spacial score (nSPS) is 14.2. The number of para-hydroxylation sites is 4. The molecule has 5 heterocycles. The molecule has 11 rings (SSSR count). The molecule has 0 radical (unpaired) electrons. The summed E-state index contributed by atoms with van der Waals surface area (Å²) in [5.74, 6) is 1.85. The van der Waals surface area contributed by atoms with Crippen molar-refractivity contribution in [2.75, 3.05) is 9.80 Å². The van der Waals surface area contributed by atoms with Crippen LogP contribution in [0.25, 0.3) is 0 Å². The maximum atomic E-state index is 6.48. The molecule has 0 fully saturated rings. The summed E-state index contributed by atoms with van der Waals surface area (Å²) in [4.78, 5) is 11.8. The van der Waals surface area contributed by atoms with Crippen LogP contribution in [0.3, 0.4) is 0 Å². The Morgan fingerprint density at radius 3 is 1.85 bits per heavy atom. The van der Waals surface area contributed by atoms with Crippen LogP contribution >= 0.6 is 11.8 Å². The molecule has 0 N–H and O–H groups in total. The van der Waals surface area contributed by atoms with Crippen molar-refractivity contribution in [2.24, 2.45) is 0 Å². The Labute approximate surface area is 283 Å². The van der Waals surface area contributed by atoms with E-state index < -0.39 is 0 Å². The van der Waals surface area contributed by atoms with Crippen molar-refractivity contribution in [3.63, 3.8) is 0 Å². The van der Waals surface area contributed by atoms with Gasteiger partial charge in [0.15, 0.2) is 0 Å². The fourth-order valence-corrected chi connectivity index (χ4v) is 9.39. The second-order valence-electron chi connectivity index (χ2n) is 12.7. The van der Waals surface area contributed by atoms with E-state index >= 15 is 0 Å². The Morgan fingerprint density at radius 1 is 0.479 bits per heavy atom. The molecular formula is C41H25B2N3OS. The van der Waals surface area contributed by atoms with Gasteiger partial charge in [0.05, 0.1) is 10.7 Å². The van der Waals surface area contributed by atoms with Crippen LogP contribution < -0.4 is 47.4 Å². The lowest BCUT2D eigenvalue weighted by Crippen LogP contribution is -2.64. The Bertz CT molecular complexity index is 2460. The van der Waals surface area contributed by atoms with E-state index in [-0.39, 0.29) is 13.4 Å². The summed E-state index contributed by atoms with van der Waals surface area (Å²) in [5, 5.41) is 1.07. The highest BCUT2D eigenvalue weighted by molar-refractivity contribution is 8.00. The second-order valence-corrected chi connectivity index (χ2v) is 13.7. The third-order valence-electron chi connectivity index (χ3n) is 10.2.